The molecule has 1 heterocycles. The van der Waals surface area contributed by atoms with Crippen LogP contribution >= 0.6 is 0 Å². The molecule has 1 aromatic heterocycles. The molecule has 0 aliphatic carbocycles. The van der Waals surface area contributed by atoms with E-state index in [0.717, 1.165) is 22.5 Å². The lowest BCUT2D eigenvalue weighted by Crippen LogP contribution is -2.28. The van der Waals surface area contributed by atoms with E-state index in [2.05, 4.69) is 9.97 Å². The monoisotopic (exact) mass is 269 g/mol. The minimum atomic E-state index is -0.0435. The molecule has 0 fully saturated rings. The number of carbonyl (C=O) groups excluding carboxylic acids is 1. The molecule has 0 radical (unpaired) electrons. The van der Waals surface area contributed by atoms with E-state index in [1.54, 1.807) is 18.1 Å². The minimum Gasteiger partial charge on any atom is -0.308 e. The number of benzene rings is 1. The quantitative estimate of drug-likeness (QED) is 0.842. The van der Waals surface area contributed by atoms with Gasteiger partial charge in [-0.05, 0) is 39.3 Å². The van der Waals surface area contributed by atoms with Gasteiger partial charge in [0.15, 0.2) is 0 Å². The maximum atomic E-state index is 12.6. The fourth-order valence-electron chi connectivity index (χ4n) is 2.25. The summed E-state index contributed by atoms with van der Waals surface area (Å²) in [5.41, 5.74) is 4.38. The standard InChI is InChI=1S/C16H19N3O/c1-10-6-7-14(11(2)8-10)16(20)19(5)15-9-17-13(4)18-12(15)3/h6-9H,1-5H3. The Kier molecular flexibility index (Phi) is 3.84. The lowest BCUT2D eigenvalue weighted by Gasteiger charge is -2.20. The molecule has 1 amide bonds. The van der Waals surface area contributed by atoms with Crippen LogP contribution in [0.25, 0.3) is 0 Å². The first-order chi connectivity index (χ1) is 9.40. The van der Waals surface area contributed by atoms with Crippen LogP contribution in [0.1, 0.15) is 33.0 Å². The predicted octanol–water partition coefficient (Wildman–Crippen LogP) is 2.99. The summed E-state index contributed by atoms with van der Waals surface area (Å²) in [5.74, 6) is 0.664. The molecule has 0 N–H and O–H groups in total. The number of nitrogens with zero attached hydrogens (tertiary/aromatic N) is 3. The molecule has 0 saturated heterocycles. The Morgan fingerprint density at radius 3 is 2.45 bits per heavy atom. The molecule has 2 aromatic rings. The topological polar surface area (TPSA) is 46.1 Å². The Labute approximate surface area is 119 Å². The maximum absolute atomic E-state index is 12.6. The van der Waals surface area contributed by atoms with Gasteiger partial charge in [0.1, 0.15) is 5.82 Å². The summed E-state index contributed by atoms with van der Waals surface area (Å²) in [4.78, 5) is 22.7. The maximum Gasteiger partial charge on any atom is 0.258 e. The smallest absolute Gasteiger partial charge is 0.258 e. The van der Waals surface area contributed by atoms with E-state index in [1.807, 2.05) is 45.9 Å². The van der Waals surface area contributed by atoms with Crippen molar-refractivity contribution in [3.05, 3.63) is 52.6 Å². The van der Waals surface area contributed by atoms with Crippen LogP contribution < -0.4 is 4.90 Å². The SMILES string of the molecule is Cc1ccc(C(=O)N(C)c2cnc(C)nc2C)c(C)c1. The summed E-state index contributed by atoms with van der Waals surface area (Å²) < 4.78 is 0. The van der Waals surface area contributed by atoms with Gasteiger partial charge in [-0.15, -0.1) is 0 Å². The molecule has 0 bridgehead atoms. The third-order valence-electron chi connectivity index (χ3n) is 3.35. The molecule has 104 valence electrons. The third kappa shape index (κ3) is 2.69. The van der Waals surface area contributed by atoms with Crippen molar-refractivity contribution in [2.45, 2.75) is 27.7 Å². The highest BCUT2D eigenvalue weighted by Gasteiger charge is 2.18. The molecule has 1 aromatic carbocycles. The highest BCUT2D eigenvalue weighted by molar-refractivity contribution is 6.06. The summed E-state index contributed by atoms with van der Waals surface area (Å²) in [6.45, 7) is 7.69. The van der Waals surface area contributed by atoms with Crippen molar-refractivity contribution < 1.29 is 4.79 Å². The minimum absolute atomic E-state index is 0.0435. The average Bonchev–Trinajstić information content (AvgIpc) is 2.37. The van der Waals surface area contributed by atoms with Crippen molar-refractivity contribution in [1.82, 2.24) is 9.97 Å². The van der Waals surface area contributed by atoms with Gasteiger partial charge in [0.25, 0.3) is 5.91 Å². The van der Waals surface area contributed by atoms with Crippen molar-refractivity contribution >= 4 is 11.6 Å². The van der Waals surface area contributed by atoms with Gasteiger partial charge >= 0.3 is 0 Å². The van der Waals surface area contributed by atoms with Crippen molar-refractivity contribution in [2.24, 2.45) is 0 Å². The van der Waals surface area contributed by atoms with Crippen LogP contribution in [0.3, 0.4) is 0 Å². The Bertz CT molecular complexity index is 665. The van der Waals surface area contributed by atoms with E-state index in [9.17, 15) is 4.79 Å². The molecular formula is C16H19N3O. The van der Waals surface area contributed by atoms with Crippen LogP contribution in [0.4, 0.5) is 5.69 Å². The largest absolute Gasteiger partial charge is 0.308 e. The van der Waals surface area contributed by atoms with Gasteiger partial charge in [0.05, 0.1) is 17.6 Å². The molecule has 20 heavy (non-hydrogen) atoms. The summed E-state index contributed by atoms with van der Waals surface area (Å²) in [6, 6.07) is 5.83. The number of aryl methyl sites for hydroxylation is 4. The van der Waals surface area contributed by atoms with Crippen LogP contribution in [-0.4, -0.2) is 22.9 Å². The highest BCUT2D eigenvalue weighted by atomic mass is 16.2. The second-order valence-electron chi connectivity index (χ2n) is 5.07. The van der Waals surface area contributed by atoms with E-state index in [4.69, 9.17) is 0 Å². The zero-order chi connectivity index (χ0) is 14.9. The van der Waals surface area contributed by atoms with Crippen molar-refractivity contribution in [3.63, 3.8) is 0 Å². The van der Waals surface area contributed by atoms with Gasteiger partial charge in [0.2, 0.25) is 0 Å². The first-order valence-electron chi connectivity index (χ1n) is 6.55. The van der Waals surface area contributed by atoms with Crippen LogP contribution in [-0.2, 0) is 0 Å². The second kappa shape index (κ2) is 5.41. The summed E-state index contributed by atoms with van der Waals surface area (Å²) in [6.07, 6.45) is 1.69. The normalized spacial score (nSPS) is 10.4. The van der Waals surface area contributed by atoms with E-state index >= 15 is 0 Å². The summed E-state index contributed by atoms with van der Waals surface area (Å²) in [5, 5.41) is 0. The van der Waals surface area contributed by atoms with Crippen LogP contribution in [0, 0.1) is 27.7 Å². The van der Waals surface area contributed by atoms with Crippen LogP contribution in [0.5, 0.6) is 0 Å². The molecule has 4 heteroatoms. The van der Waals surface area contributed by atoms with Gasteiger partial charge in [-0.25, -0.2) is 9.97 Å². The van der Waals surface area contributed by atoms with E-state index < -0.39 is 0 Å². The van der Waals surface area contributed by atoms with E-state index in [1.165, 1.54) is 0 Å². The number of amides is 1. The highest BCUT2D eigenvalue weighted by Crippen LogP contribution is 2.20. The average molecular weight is 269 g/mol. The van der Waals surface area contributed by atoms with E-state index in [-0.39, 0.29) is 5.91 Å². The molecule has 2 rings (SSSR count). The molecular weight excluding hydrogens is 250 g/mol. The van der Waals surface area contributed by atoms with E-state index in [0.29, 0.717) is 11.4 Å². The molecule has 4 nitrogen and oxygen atoms in total. The van der Waals surface area contributed by atoms with Crippen LogP contribution in [0.2, 0.25) is 0 Å². The van der Waals surface area contributed by atoms with Gasteiger partial charge in [-0.1, -0.05) is 17.7 Å². The first-order valence-corrected chi connectivity index (χ1v) is 6.55. The summed E-state index contributed by atoms with van der Waals surface area (Å²) in [7, 11) is 1.75. The van der Waals surface area contributed by atoms with Gasteiger partial charge in [-0.2, -0.15) is 0 Å². The molecule has 0 aliphatic rings. The second-order valence-corrected chi connectivity index (χ2v) is 5.07. The number of aromatic nitrogens is 2. The molecule has 0 saturated carbocycles. The lowest BCUT2D eigenvalue weighted by molar-refractivity contribution is 0.0992. The predicted molar refractivity (Wildman–Crippen MR) is 80.2 cm³/mol. The molecule has 0 atom stereocenters. The number of carbonyl (C=O) groups is 1. The zero-order valence-corrected chi connectivity index (χ0v) is 12.6. The fourth-order valence-corrected chi connectivity index (χ4v) is 2.25. The Morgan fingerprint density at radius 2 is 1.85 bits per heavy atom. The fraction of sp³-hybridized carbons (Fsp3) is 0.312. The number of hydrogen-bond acceptors (Lipinski definition) is 3. The van der Waals surface area contributed by atoms with Gasteiger partial charge in [0, 0.05) is 12.6 Å². The molecule has 0 aliphatic heterocycles. The molecule has 0 unspecified atom stereocenters. The van der Waals surface area contributed by atoms with Gasteiger partial charge < -0.3 is 4.90 Å². The van der Waals surface area contributed by atoms with Crippen molar-refractivity contribution in [3.8, 4) is 0 Å². The van der Waals surface area contributed by atoms with Crippen LogP contribution in [0.15, 0.2) is 24.4 Å². The summed E-state index contributed by atoms with van der Waals surface area (Å²) >= 11 is 0. The number of hydrogen-bond donors (Lipinski definition) is 0. The lowest BCUT2D eigenvalue weighted by atomic mass is 10.0. The Balaban J connectivity index is 2.37. The third-order valence-corrected chi connectivity index (χ3v) is 3.35. The van der Waals surface area contributed by atoms with Crippen molar-refractivity contribution in [1.29, 1.82) is 0 Å². The number of rotatable bonds is 2. The Morgan fingerprint density at radius 1 is 1.15 bits per heavy atom. The first kappa shape index (κ1) is 14.2. The zero-order valence-electron chi connectivity index (χ0n) is 12.6. The van der Waals surface area contributed by atoms with Crippen molar-refractivity contribution in [2.75, 3.05) is 11.9 Å². The molecule has 0 spiro atoms. The Hall–Kier alpha value is -2.23. The van der Waals surface area contributed by atoms with Gasteiger partial charge in [-0.3, -0.25) is 4.79 Å². The number of anilines is 1.